The van der Waals surface area contributed by atoms with E-state index in [1.165, 1.54) is 21.3 Å². The molecule has 1 aromatic rings. The zero-order valence-corrected chi connectivity index (χ0v) is 10.2. The van der Waals surface area contributed by atoms with Crippen LogP contribution >= 0.6 is 0 Å². The molecule has 6 nitrogen and oxygen atoms in total. The summed E-state index contributed by atoms with van der Waals surface area (Å²) in [6, 6.07) is 0. The van der Waals surface area contributed by atoms with Crippen molar-refractivity contribution in [3.05, 3.63) is 5.56 Å². The number of aliphatic hydroxyl groups is 1. The average Bonchev–Trinajstić information content (AvgIpc) is 2.31. The van der Waals surface area contributed by atoms with Crippen LogP contribution in [0.4, 0.5) is 11.4 Å². The molecule has 0 aliphatic heterocycles. The molecule has 5 N–H and O–H groups in total. The molecular weight excluding hydrogens is 224 g/mol. The molecule has 17 heavy (non-hydrogen) atoms. The van der Waals surface area contributed by atoms with Crippen molar-refractivity contribution < 1.29 is 19.3 Å². The lowest BCUT2D eigenvalue weighted by Crippen LogP contribution is -2.08. The summed E-state index contributed by atoms with van der Waals surface area (Å²) in [4.78, 5) is 0. The maximum absolute atomic E-state index is 9.04. The van der Waals surface area contributed by atoms with Crippen molar-refractivity contribution in [1.82, 2.24) is 0 Å². The highest BCUT2D eigenvalue weighted by Crippen LogP contribution is 2.47. The second kappa shape index (κ2) is 5.49. The molecule has 0 aliphatic carbocycles. The third kappa shape index (κ3) is 2.16. The Balaban J connectivity index is 3.56. The van der Waals surface area contributed by atoms with Gasteiger partial charge >= 0.3 is 0 Å². The van der Waals surface area contributed by atoms with E-state index in [1.807, 2.05) is 0 Å². The highest BCUT2D eigenvalue weighted by molar-refractivity contribution is 5.82. The summed E-state index contributed by atoms with van der Waals surface area (Å²) in [5.74, 6) is 1.16. The molecule has 0 amide bonds. The topological polar surface area (TPSA) is 100.0 Å². The van der Waals surface area contributed by atoms with Crippen LogP contribution in [0.2, 0.25) is 0 Å². The minimum Gasteiger partial charge on any atom is -0.494 e. The Bertz CT molecular complexity index is 376. The van der Waals surface area contributed by atoms with Crippen molar-refractivity contribution in [3.8, 4) is 17.2 Å². The second-order valence-corrected chi connectivity index (χ2v) is 3.38. The smallest absolute Gasteiger partial charge is 0.172 e. The molecule has 0 spiro atoms. The second-order valence-electron chi connectivity index (χ2n) is 3.38. The largest absolute Gasteiger partial charge is 0.494 e. The summed E-state index contributed by atoms with van der Waals surface area (Å²) in [5, 5.41) is 9.04. The van der Waals surface area contributed by atoms with E-state index in [9.17, 15) is 0 Å². The molecule has 0 heterocycles. The standard InChI is InChI=1S/C11H18N2O4/c1-15-9-6(4-5-14)10(16-2)8(13)11(17-3)7(9)12/h14H,4-5,12-13H2,1-3H3. The third-order valence-electron chi connectivity index (χ3n) is 2.50. The molecule has 0 radical (unpaired) electrons. The monoisotopic (exact) mass is 242 g/mol. The zero-order chi connectivity index (χ0) is 13.0. The molecule has 6 heteroatoms. The first-order valence-electron chi connectivity index (χ1n) is 5.08. The van der Waals surface area contributed by atoms with Crippen LogP contribution in [0.5, 0.6) is 17.2 Å². The van der Waals surface area contributed by atoms with Gasteiger partial charge in [0.1, 0.15) is 11.4 Å². The Labute approximate surface area is 100 Å². The fraction of sp³-hybridized carbons (Fsp3) is 0.455. The summed E-state index contributed by atoms with van der Waals surface area (Å²) in [5.41, 5.74) is 13.0. The summed E-state index contributed by atoms with van der Waals surface area (Å²) in [6.07, 6.45) is 0.338. The average molecular weight is 242 g/mol. The molecule has 96 valence electrons. The van der Waals surface area contributed by atoms with Crippen molar-refractivity contribution >= 4 is 11.4 Å². The normalized spacial score (nSPS) is 10.1. The number of hydrogen-bond acceptors (Lipinski definition) is 6. The summed E-state index contributed by atoms with van der Waals surface area (Å²) in [7, 11) is 4.44. The minimum absolute atomic E-state index is 0.0576. The lowest BCUT2D eigenvalue weighted by atomic mass is 10.1. The number of rotatable bonds is 5. The summed E-state index contributed by atoms with van der Waals surface area (Å²) in [6.45, 7) is -0.0576. The van der Waals surface area contributed by atoms with Gasteiger partial charge in [-0.15, -0.1) is 0 Å². The molecule has 0 saturated heterocycles. The van der Waals surface area contributed by atoms with Crippen LogP contribution in [0, 0.1) is 0 Å². The van der Waals surface area contributed by atoms with Crippen molar-refractivity contribution in [2.24, 2.45) is 0 Å². The van der Waals surface area contributed by atoms with Gasteiger partial charge in [-0.1, -0.05) is 0 Å². The molecular formula is C11H18N2O4. The molecule has 1 aromatic carbocycles. The van der Waals surface area contributed by atoms with Crippen LogP contribution in [-0.4, -0.2) is 33.0 Å². The van der Waals surface area contributed by atoms with E-state index in [2.05, 4.69) is 0 Å². The highest BCUT2D eigenvalue weighted by Gasteiger charge is 2.22. The molecule has 0 unspecified atom stereocenters. The maximum Gasteiger partial charge on any atom is 0.172 e. The van der Waals surface area contributed by atoms with Crippen molar-refractivity contribution in [3.63, 3.8) is 0 Å². The van der Waals surface area contributed by atoms with Gasteiger partial charge in [-0.05, 0) is 0 Å². The van der Waals surface area contributed by atoms with E-state index >= 15 is 0 Å². The molecule has 0 aliphatic rings. The van der Waals surface area contributed by atoms with Crippen LogP contribution in [0.3, 0.4) is 0 Å². The van der Waals surface area contributed by atoms with Gasteiger partial charge in [0.05, 0.1) is 21.3 Å². The van der Waals surface area contributed by atoms with Crippen molar-refractivity contribution in [2.75, 3.05) is 39.4 Å². The number of nitrogens with two attached hydrogens (primary N) is 2. The maximum atomic E-state index is 9.04. The van der Waals surface area contributed by atoms with Crippen LogP contribution in [-0.2, 0) is 6.42 Å². The number of anilines is 2. The van der Waals surface area contributed by atoms with Crippen molar-refractivity contribution in [1.29, 1.82) is 0 Å². The quantitative estimate of drug-likeness (QED) is 0.647. The number of ether oxygens (including phenoxy) is 3. The van der Waals surface area contributed by atoms with Gasteiger partial charge in [0, 0.05) is 18.6 Å². The number of aliphatic hydroxyl groups excluding tert-OH is 1. The first-order chi connectivity index (χ1) is 8.12. The fourth-order valence-electron chi connectivity index (χ4n) is 1.80. The van der Waals surface area contributed by atoms with Crippen LogP contribution < -0.4 is 25.7 Å². The van der Waals surface area contributed by atoms with E-state index in [0.29, 0.717) is 40.6 Å². The van der Waals surface area contributed by atoms with Gasteiger partial charge in [0.25, 0.3) is 0 Å². The first kappa shape index (κ1) is 13.2. The van der Waals surface area contributed by atoms with Crippen molar-refractivity contribution in [2.45, 2.75) is 6.42 Å². The van der Waals surface area contributed by atoms with Gasteiger partial charge in [0.15, 0.2) is 17.2 Å². The van der Waals surface area contributed by atoms with Gasteiger partial charge in [-0.3, -0.25) is 0 Å². The predicted molar refractivity (Wildman–Crippen MR) is 65.7 cm³/mol. The molecule has 0 aromatic heterocycles. The third-order valence-corrected chi connectivity index (χ3v) is 2.50. The van der Waals surface area contributed by atoms with E-state index in [0.717, 1.165) is 0 Å². The molecule has 0 fully saturated rings. The lowest BCUT2D eigenvalue weighted by molar-refractivity contribution is 0.293. The Kier molecular flexibility index (Phi) is 4.28. The highest BCUT2D eigenvalue weighted by atomic mass is 16.5. The Morgan fingerprint density at radius 1 is 0.882 bits per heavy atom. The predicted octanol–water partition coefficient (Wildman–Crippen LogP) is 0.412. The SMILES string of the molecule is COc1c(N)c(OC)c(CCO)c(OC)c1N. The van der Waals surface area contributed by atoms with E-state index in [-0.39, 0.29) is 6.61 Å². The van der Waals surface area contributed by atoms with Crippen LogP contribution in [0.25, 0.3) is 0 Å². The van der Waals surface area contributed by atoms with Gasteiger partial charge in [-0.2, -0.15) is 0 Å². The van der Waals surface area contributed by atoms with Gasteiger partial charge in [0.2, 0.25) is 0 Å². The Morgan fingerprint density at radius 2 is 1.29 bits per heavy atom. The minimum atomic E-state index is -0.0576. The Morgan fingerprint density at radius 3 is 1.59 bits per heavy atom. The molecule has 0 saturated carbocycles. The zero-order valence-electron chi connectivity index (χ0n) is 10.2. The van der Waals surface area contributed by atoms with E-state index in [1.54, 1.807) is 0 Å². The fourth-order valence-corrected chi connectivity index (χ4v) is 1.80. The number of benzene rings is 1. The van der Waals surface area contributed by atoms with Gasteiger partial charge in [-0.25, -0.2) is 0 Å². The molecule has 0 atom stereocenters. The van der Waals surface area contributed by atoms with E-state index in [4.69, 9.17) is 30.8 Å². The number of hydrogen-bond donors (Lipinski definition) is 3. The summed E-state index contributed by atoms with van der Waals surface area (Å²) >= 11 is 0. The molecule has 0 bridgehead atoms. The summed E-state index contributed by atoms with van der Waals surface area (Å²) < 4.78 is 15.6. The van der Waals surface area contributed by atoms with E-state index < -0.39 is 0 Å². The van der Waals surface area contributed by atoms with Crippen LogP contribution in [0.1, 0.15) is 5.56 Å². The lowest BCUT2D eigenvalue weighted by Gasteiger charge is -2.19. The van der Waals surface area contributed by atoms with Crippen LogP contribution in [0.15, 0.2) is 0 Å². The molecule has 1 rings (SSSR count). The van der Waals surface area contributed by atoms with Gasteiger partial charge < -0.3 is 30.8 Å². The first-order valence-corrected chi connectivity index (χ1v) is 5.08. The Hall–Kier alpha value is -1.82. The number of methoxy groups -OCH3 is 3. The number of nitrogen functional groups attached to an aromatic ring is 2.